The van der Waals surface area contributed by atoms with Crippen LogP contribution in [0, 0.1) is 6.92 Å². The van der Waals surface area contributed by atoms with Crippen LogP contribution in [0.5, 0.6) is 0 Å². The Morgan fingerprint density at radius 2 is 2.12 bits per heavy atom. The molecule has 0 saturated heterocycles. The molecule has 1 aliphatic heterocycles. The Morgan fingerprint density at radius 3 is 2.73 bits per heavy atom. The summed E-state index contributed by atoms with van der Waals surface area (Å²) in [5, 5.41) is 5.95. The number of halogens is 3. The van der Waals surface area contributed by atoms with Crippen molar-refractivity contribution in [2.75, 3.05) is 29.1 Å². The number of nitrogens with zero attached hydrogens (tertiary/aromatic N) is 5. The zero-order chi connectivity index (χ0) is 24.2. The molecule has 1 amide bonds. The zero-order valence-electron chi connectivity index (χ0n) is 18.4. The van der Waals surface area contributed by atoms with E-state index in [-0.39, 0.29) is 25.0 Å². The maximum absolute atomic E-state index is 12.6. The molecule has 0 bridgehead atoms. The molecule has 3 rings (SSSR count). The smallest absolute Gasteiger partial charge is 0.404 e. The number of aromatic nitrogens is 3. The normalized spacial score (nSPS) is 16.7. The van der Waals surface area contributed by atoms with Gasteiger partial charge < -0.3 is 21.3 Å². The fourth-order valence-electron chi connectivity index (χ4n) is 3.31. The lowest BCUT2D eigenvalue weighted by Gasteiger charge is -2.34. The summed E-state index contributed by atoms with van der Waals surface area (Å²) in [7, 11) is 1.82. The van der Waals surface area contributed by atoms with E-state index in [9.17, 15) is 18.0 Å². The number of likely N-dealkylation sites (N-methyl/N-ethyl adjacent to an activating group) is 1. The van der Waals surface area contributed by atoms with Crippen LogP contribution in [0.3, 0.4) is 0 Å². The molecule has 2 aromatic rings. The van der Waals surface area contributed by atoms with Gasteiger partial charge in [-0.15, -0.1) is 0 Å². The third kappa shape index (κ3) is 5.57. The van der Waals surface area contributed by atoms with Gasteiger partial charge in [-0.1, -0.05) is 13.0 Å². The fourth-order valence-corrected chi connectivity index (χ4v) is 3.31. The Kier molecular flexibility index (Phi) is 7.14. The predicted octanol–water partition coefficient (Wildman–Crippen LogP) is 2.89. The van der Waals surface area contributed by atoms with Gasteiger partial charge in [-0.25, -0.2) is 4.98 Å². The molecule has 4 N–H and O–H groups in total. The van der Waals surface area contributed by atoms with Crippen molar-refractivity contribution in [2.24, 2.45) is 10.7 Å². The van der Waals surface area contributed by atoms with Crippen LogP contribution in [0.1, 0.15) is 30.3 Å². The van der Waals surface area contributed by atoms with Crippen LogP contribution in [0.15, 0.2) is 35.1 Å². The molecular weight excluding hydrogens is 437 g/mol. The van der Waals surface area contributed by atoms with Crippen molar-refractivity contribution in [3.8, 4) is 0 Å². The van der Waals surface area contributed by atoms with Crippen molar-refractivity contribution in [1.82, 2.24) is 15.0 Å². The number of nitrogens with one attached hydrogen (secondary N) is 2. The lowest BCUT2D eigenvalue weighted by atomic mass is 10.1. The first kappa shape index (κ1) is 24.0. The van der Waals surface area contributed by atoms with Crippen molar-refractivity contribution in [1.29, 1.82) is 0 Å². The summed E-state index contributed by atoms with van der Waals surface area (Å²) in [5.41, 5.74) is 7.09. The zero-order valence-corrected chi connectivity index (χ0v) is 18.4. The highest BCUT2D eigenvalue weighted by molar-refractivity contribution is 6.03. The quantitative estimate of drug-likeness (QED) is 0.541. The fraction of sp³-hybridized carbons (Fsp3) is 0.381. The first-order chi connectivity index (χ1) is 15.6. The van der Waals surface area contributed by atoms with Gasteiger partial charge in [0.15, 0.2) is 5.82 Å². The minimum absolute atomic E-state index is 0.0901. The van der Waals surface area contributed by atoms with E-state index in [1.165, 1.54) is 18.5 Å². The van der Waals surface area contributed by atoms with Crippen molar-refractivity contribution in [3.05, 3.63) is 47.1 Å². The molecule has 176 valence electrons. The molecular formula is C21H25F3N8O. The number of carbonyl (C=O) groups is 1. The monoisotopic (exact) mass is 462 g/mol. The van der Waals surface area contributed by atoms with E-state index >= 15 is 0 Å². The molecule has 12 heteroatoms. The number of nitrogens with two attached hydrogens (primary N) is 1. The van der Waals surface area contributed by atoms with E-state index in [2.05, 4.69) is 30.6 Å². The standard InChI is InChI=1S/C21H25F3N8O/c1-4-15-19(33)30-17-12(2)29-20(31-18(17)32(15)3)28-11-14(7-25)9-26-8-13-5-6-16(27-10-13)21(22,23)24/h5-7,9-10,15H,4,8,11,25H2,1-3H3,(H,30,33)(H,28,29,31)/t15-/m0/s1. The predicted molar refractivity (Wildman–Crippen MR) is 120 cm³/mol. The van der Waals surface area contributed by atoms with Crippen molar-refractivity contribution in [2.45, 2.75) is 39.0 Å². The Balaban J connectivity index is 1.63. The highest BCUT2D eigenvalue weighted by Crippen LogP contribution is 2.33. The second-order valence-electron chi connectivity index (χ2n) is 7.47. The molecule has 0 fully saturated rings. The molecule has 9 nitrogen and oxygen atoms in total. The number of pyridine rings is 1. The molecule has 33 heavy (non-hydrogen) atoms. The number of aryl methyl sites for hydroxylation is 1. The third-order valence-corrected chi connectivity index (χ3v) is 5.12. The van der Waals surface area contributed by atoms with Crippen molar-refractivity contribution < 1.29 is 18.0 Å². The van der Waals surface area contributed by atoms with Gasteiger partial charge in [0.2, 0.25) is 11.9 Å². The van der Waals surface area contributed by atoms with Crippen LogP contribution >= 0.6 is 0 Å². The Bertz CT molecular complexity index is 1070. The summed E-state index contributed by atoms with van der Waals surface area (Å²) >= 11 is 0. The van der Waals surface area contributed by atoms with E-state index in [4.69, 9.17) is 5.73 Å². The van der Waals surface area contributed by atoms with Crippen LogP contribution < -0.4 is 21.3 Å². The number of amides is 1. The molecule has 0 unspecified atom stereocenters. The molecule has 0 radical (unpaired) electrons. The number of rotatable bonds is 7. The van der Waals surface area contributed by atoms with Gasteiger partial charge in [-0.2, -0.15) is 18.2 Å². The van der Waals surface area contributed by atoms with Crippen molar-refractivity contribution in [3.63, 3.8) is 0 Å². The van der Waals surface area contributed by atoms with Gasteiger partial charge in [0.25, 0.3) is 0 Å². The Hall–Kier alpha value is -3.70. The first-order valence-electron chi connectivity index (χ1n) is 10.2. The summed E-state index contributed by atoms with van der Waals surface area (Å²) < 4.78 is 37.8. The van der Waals surface area contributed by atoms with Gasteiger partial charge in [-0.3, -0.25) is 14.8 Å². The second-order valence-corrected chi connectivity index (χ2v) is 7.47. The first-order valence-corrected chi connectivity index (χ1v) is 10.2. The number of alkyl halides is 3. The molecule has 1 atom stereocenters. The van der Waals surface area contributed by atoms with Gasteiger partial charge in [0.05, 0.1) is 12.2 Å². The van der Waals surface area contributed by atoms with Gasteiger partial charge >= 0.3 is 6.18 Å². The molecule has 1 aliphatic rings. The van der Waals surface area contributed by atoms with Crippen LogP contribution in [0.4, 0.5) is 30.6 Å². The summed E-state index contributed by atoms with van der Waals surface area (Å²) in [6.07, 6.45) is 0.199. The molecule has 2 aromatic heterocycles. The van der Waals surface area contributed by atoms with E-state index in [0.717, 1.165) is 12.3 Å². The van der Waals surface area contributed by atoms with Gasteiger partial charge in [0, 0.05) is 37.8 Å². The average molecular weight is 462 g/mol. The number of hydrogen-bond acceptors (Lipinski definition) is 8. The molecule has 0 aromatic carbocycles. The minimum Gasteiger partial charge on any atom is -0.404 e. The maximum atomic E-state index is 12.6. The summed E-state index contributed by atoms with van der Waals surface area (Å²) in [4.78, 5) is 30.6. The topological polar surface area (TPSA) is 121 Å². The van der Waals surface area contributed by atoms with E-state index in [1.54, 1.807) is 6.92 Å². The largest absolute Gasteiger partial charge is 0.433 e. The maximum Gasteiger partial charge on any atom is 0.433 e. The highest BCUT2D eigenvalue weighted by Gasteiger charge is 2.32. The van der Waals surface area contributed by atoms with E-state index in [0.29, 0.717) is 40.7 Å². The van der Waals surface area contributed by atoms with Gasteiger partial charge in [-0.05, 0) is 25.0 Å². The van der Waals surface area contributed by atoms with E-state index < -0.39 is 11.9 Å². The SMILES string of the molecule is CC[C@H]1C(=O)Nc2c(C)nc(NCC(C=NCc3ccc(C(F)(F)F)nc3)=CN)nc2N1C. The third-order valence-electron chi connectivity index (χ3n) is 5.12. The molecule has 3 heterocycles. The second kappa shape index (κ2) is 9.84. The molecule has 0 aliphatic carbocycles. The number of aliphatic imine (C=N–C) groups is 1. The highest BCUT2D eigenvalue weighted by atomic mass is 19.4. The summed E-state index contributed by atoms with van der Waals surface area (Å²) in [6, 6.07) is 1.94. The number of hydrogen-bond donors (Lipinski definition) is 3. The lowest BCUT2D eigenvalue weighted by molar-refractivity contribution is -0.141. The summed E-state index contributed by atoms with van der Waals surface area (Å²) in [5.74, 6) is 0.898. The summed E-state index contributed by atoms with van der Waals surface area (Å²) in [6.45, 7) is 4.14. The van der Waals surface area contributed by atoms with E-state index in [1.807, 2.05) is 18.9 Å². The van der Waals surface area contributed by atoms with Crippen molar-refractivity contribution >= 4 is 29.6 Å². The Morgan fingerprint density at radius 1 is 1.36 bits per heavy atom. The number of anilines is 3. The van der Waals surface area contributed by atoms with Crippen LogP contribution in [-0.4, -0.2) is 46.7 Å². The molecule has 0 saturated carbocycles. The lowest BCUT2D eigenvalue weighted by Crippen LogP contribution is -2.46. The van der Waals surface area contributed by atoms with Gasteiger partial charge in [0.1, 0.15) is 17.4 Å². The van der Waals surface area contributed by atoms with Crippen LogP contribution in [0.2, 0.25) is 0 Å². The average Bonchev–Trinajstić information content (AvgIpc) is 2.77. The minimum atomic E-state index is -4.47. The van der Waals surface area contributed by atoms with Crippen LogP contribution in [-0.2, 0) is 17.5 Å². The van der Waals surface area contributed by atoms with Crippen LogP contribution in [0.25, 0.3) is 0 Å². The number of fused-ring (bicyclic) bond motifs is 1. The molecule has 0 spiro atoms. The number of carbonyl (C=O) groups excluding carboxylic acids is 1. The Labute approximate surface area is 189 Å².